The standard InChI is InChI=1S/C31H38N6O5/c1-22(2)19-25-30(39)33-12-15-36-14-11-32-29(36)23-7-5-8-24(20-23)41-18-6-13-35(21-28(38)34-25)16-17-37-26-9-3-4-10-27(26)42-31(37)40/h3-5,7-11,14,20,22,25H,6,12-13,15-19,21H2,1-2H3,(H,33,39)(H,34,38)/t25-/m1/s1. The lowest BCUT2D eigenvalue weighted by molar-refractivity contribution is -0.130. The molecule has 0 spiro atoms. The number of imidazole rings is 1. The summed E-state index contributed by atoms with van der Waals surface area (Å²) in [6.45, 7) is 6.86. The molecule has 0 radical (unpaired) electrons. The molecule has 1 aliphatic heterocycles. The highest BCUT2D eigenvalue weighted by molar-refractivity contribution is 5.88. The molecule has 222 valence electrons. The molecule has 11 heteroatoms. The van der Waals surface area contributed by atoms with Gasteiger partial charge >= 0.3 is 5.76 Å². The van der Waals surface area contributed by atoms with Crippen molar-refractivity contribution in [3.05, 3.63) is 71.5 Å². The van der Waals surface area contributed by atoms with E-state index < -0.39 is 11.8 Å². The van der Waals surface area contributed by atoms with Crippen LogP contribution in [0.1, 0.15) is 26.7 Å². The monoisotopic (exact) mass is 574 g/mol. The zero-order valence-electron chi connectivity index (χ0n) is 24.1. The number of benzene rings is 2. The Hall–Kier alpha value is -4.38. The Balaban J connectivity index is 1.35. The normalized spacial score (nSPS) is 17.6. The molecule has 0 saturated carbocycles. The fraction of sp³-hybridized carbons (Fsp3) is 0.419. The van der Waals surface area contributed by atoms with Crippen LogP contribution in [0.15, 0.2) is 70.1 Å². The second kappa shape index (κ2) is 13.5. The third-order valence-electron chi connectivity index (χ3n) is 7.29. The Bertz CT molecular complexity index is 1570. The molecule has 11 nitrogen and oxygen atoms in total. The molecular formula is C31H38N6O5. The Morgan fingerprint density at radius 3 is 2.76 bits per heavy atom. The number of para-hydroxylation sites is 2. The lowest BCUT2D eigenvalue weighted by Crippen LogP contribution is -2.50. The Morgan fingerprint density at radius 2 is 1.90 bits per heavy atom. The SMILES string of the molecule is CC(C)C[C@H]1NC(=O)CN(CCn2c(=O)oc3ccccc32)CCCOc2cccc(c2)-c2nccn2CCNC1=O. The van der Waals surface area contributed by atoms with Crippen LogP contribution in [-0.2, 0) is 22.7 Å². The number of hydrogen-bond donors (Lipinski definition) is 2. The minimum absolute atomic E-state index is 0.0836. The summed E-state index contributed by atoms with van der Waals surface area (Å²) in [5, 5.41) is 5.94. The van der Waals surface area contributed by atoms with Gasteiger partial charge < -0.3 is 24.4 Å². The number of nitrogens with zero attached hydrogens (tertiary/aromatic N) is 4. The molecular weight excluding hydrogens is 536 g/mol. The van der Waals surface area contributed by atoms with Crippen LogP contribution in [0.2, 0.25) is 0 Å². The van der Waals surface area contributed by atoms with Gasteiger partial charge in [-0.25, -0.2) is 9.78 Å². The lowest BCUT2D eigenvalue weighted by atomic mass is 10.0. The molecule has 5 rings (SSSR count). The van der Waals surface area contributed by atoms with Gasteiger partial charge in [-0.3, -0.25) is 19.1 Å². The van der Waals surface area contributed by atoms with E-state index in [4.69, 9.17) is 9.15 Å². The molecule has 3 heterocycles. The average molecular weight is 575 g/mol. The maximum Gasteiger partial charge on any atom is 0.419 e. The molecule has 0 unspecified atom stereocenters. The Morgan fingerprint density at radius 1 is 1.05 bits per heavy atom. The van der Waals surface area contributed by atoms with Gasteiger partial charge in [-0.15, -0.1) is 0 Å². The van der Waals surface area contributed by atoms with Gasteiger partial charge in [0.2, 0.25) is 11.8 Å². The number of hydrogen-bond acceptors (Lipinski definition) is 7. The molecule has 2 aromatic heterocycles. The van der Waals surface area contributed by atoms with Crippen LogP contribution in [-0.4, -0.2) is 69.7 Å². The summed E-state index contributed by atoms with van der Waals surface area (Å²) in [5.41, 5.74) is 2.17. The maximum atomic E-state index is 13.2. The molecule has 4 aromatic rings. The molecule has 1 atom stereocenters. The number of aromatic nitrogens is 3. The van der Waals surface area contributed by atoms with Crippen LogP contribution in [0.25, 0.3) is 22.5 Å². The summed E-state index contributed by atoms with van der Waals surface area (Å²) in [4.78, 5) is 45.4. The van der Waals surface area contributed by atoms with E-state index in [9.17, 15) is 14.4 Å². The maximum absolute atomic E-state index is 13.2. The summed E-state index contributed by atoms with van der Waals surface area (Å²) in [6, 6.07) is 14.4. The van der Waals surface area contributed by atoms with Gasteiger partial charge in [-0.1, -0.05) is 38.1 Å². The van der Waals surface area contributed by atoms with E-state index in [-0.39, 0.29) is 24.3 Å². The predicted molar refractivity (Wildman–Crippen MR) is 159 cm³/mol. The van der Waals surface area contributed by atoms with Gasteiger partial charge in [0.1, 0.15) is 17.6 Å². The predicted octanol–water partition coefficient (Wildman–Crippen LogP) is 2.89. The van der Waals surface area contributed by atoms with Crippen molar-refractivity contribution < 1.29 is 18.7 Å². The van der Waals surface area contributed by atoms with Gasteiger partial charge in [0.15, 0.2) is 5.58 Å². The summed E-state index contributed by atoms with van der Waals surface area (Å²) in [6.07, 6.45) is 4.80. The number of ether oxygens (including phenoxy) is 1. The smallest absolute Gasteiger partial charge is 0.419 e. The van der Waals surface area contributed by atoms with Crippen LogP contribution >= 0.6 is 0 Å². The Labute approximate surface area is 244 Å². The third-order valence-corrected chi connectivity index (χ3v) is 7.29. The fourth-order valence-corrected chi connectivity index (χ4v) is 5.26. The molecule has 2 aromatic carbocycles. The van der Waals surface area contributed by atoms with Crippen LogP contribution in [0.3, 0.4) is 0 Å². The summed E-state index contributed by atoms with van der Waals surface area (Å²) in [5.74, 6) is 0.843. The largest absolute Gasteiger partial charge is 0.494 e. The number of nitrogens with one attached hydrogen (secondary N) is 2. The first-order valence-electron chi connectivity index (χ1n) is 14.5. The first-order chi connectivity index (χ1) is 20.4. The van der Waals surface area contributed by atoms with Crippen molar-refractivity contribution in [1.29, 1.82) is 0 Å². The van der Waals surface area contributed by atoms with Crippen LogP contribution in [0.4, 0.5) is 0 Å². The molecule has 2 bridgehead atoms. The van der Waals surface area contributed by atoms with E-state index >= 15 is 0 Å². The first kappa shape index (κ1) is 29.1. The molecule has 42 heavy (non-hydrogen) atoms. The minimum atomic E-state index is -0.652. The average Bonchev–Trinajstić information content (AvgIpc) is 3.56. The number of amides is 2. The van der Waals surface area contributed by atoms with Crippen molar-refractivity contribution in [2.45, 2.75) is 45.8 Å². The van der Waals surface area contributed by atoms with Crippen molar-refractivity contribution in [3.8, 4) is 17.1 Å². The zero-order chi connectivity index (χ0) is 29.5. The molecule has 1 aliphatic rings. The van der Waals surface area contributed by atoms with E-state index in [0.29, 0.717) is 63.3 Å². The number of carbonyl (C=O) groups is 2. The van der Waals surface area contributed by atoms with E-state index in [0.717, 1.165) is 17.1 Å². The van der Waals surface area contributed by atoms with E-state index in [1.807, 2.05) is 72.0 Å². The van der Waals surface area contributed by atoms with Crippen LogP contribution in [0, 0.1) is 5.92 Å². The highest BCUT2D eigenvalue weighted by atomic mass is 16.5. The minimum Gasteiger partial charge on any atom is -0.494 e. The van der Waals surface area contributed by atoms with Gasteiger partial charge in [0, 0.05) is 50.7 Å². The molecule has 0 saturated heterocycles. The second-order valence-corrected chi connectivity index (χ2v) is 11.0. The van der Waals surface area contributed by atoms with Crippen LogP contribution < -0.4 is 21.1 Å². The quantitative estimate of drug-likeness (QED) is 0.376. The number of carbonyl (C=O) groups excluding carboxylic acids is 2. The van der Waals surface area contributed by atoms with Crippen molar-refractivity contribution in [2.75, 3.05) is 32.8 Å². The lowest BCUT2D eigenvalue weighted by Gasteiger charge is -2.25. The topological polar surface area (TPSA) is 124 Å². The van der Waals surface area contributed by atoms with Crippen molar-refractivity contribution in [1.82, 2.24) is 29.7 Å². The van der Waals surface area contributed by atoms with Gasteiger partial charge in [-0.05, 0) is 43.0 Å². The Kier molecular flexibility index (Phi) is 9.38. The van der Waals surface area contributed by atoms with E-state index in [1.54, 1.807) is 16.8 Å². The van der Waals surface area contributed by atoms with Crippen molar-refractivity contribution in [3.63, 3.8) is 0 Å². The zero-order valence-corrected chi connectivity index (χ0v) is 24.1. The van der Waals surface area contributed by atoms with Crippen LogP contribution in [0.5, 0.6) is 5.75 Å². The van der Waals surface area contributed by atoms with E-state index in [1.165, 1.54) is 0 Å². The molecule has 0 aliphatic carbocycles. The highest BCUT2D eigenvalue weighted by Crippen LogP contribution is 2.23. The fourth-order valence-electron chi connectivity index (χ4n) is 5.26. The van der Waals surface area contributed by atoms with Gasteiger partial charge in [-0.2, -0.15) is 0 Å². The number of rotatable bonds is 5. The molecule has 2 N–H and O–H groups in total. The van der Waals surface area contributed by atoms with E-state index in [2.05, 4.69) is 15.6 Å². The first-order valence-corrected chi connectivity index (χ1v) is 14.5. The molecule has 2 amide bonds. The summed E-state index contributed by atoms with van der Waals surface area (Å²) < 4.78 is 15.0. The third kappa shape index (κ3) is 7.27. The van der Waals surface area contributed by atoms with Crippen molar-refractivity contribution in [2.24, 2.45) is 5.92 Å². The molecule has 0 fully saturated rings. The number of oxazole rings is 1. The highest BCUT2D eigenvalue weighted by Gasteiger charge is 2.23. The number of fused-ring (bicyclic) bond motifs is 5. The summed E-state index contributed by atoms with van der Waals surface area (Å²) >= 11 is 0. The second-order valence-electron chi connectivity index (χ2n) is 11.0. The van der Waals surface area contributed by atoms with Gasteiger partial charge in [0.25, 0.3) is 0 Å². The summed E-state index contributed by atoms with van der Waals surface area (Å²) in [7, 11) is 0. The van der Waals surface area contributed by atoms with Crippen molar-refractivity contribution >= 4 is 22.9 Å². The van der Waals surface area contributed by atoms with Gasteiger partial charge in [0.05, 0.1) is 18.7 Å².